The maximum atomic E-state index is 12.0. The number of rotatable bonds is 1. The Morgan fingerprint density at radius 1 is 1.00 bits per heavy atom. The van der Waals surface area contributed by atoms with Crippen LogP contribution in [0.1, 0.15) is 0 Å². The predicted molar refractivity (Wildman–Crippen MR) is 92.5 cm³/mol. The summed E-state index contributed by atoms with van der Waals surface area (Å²) in [4.78, 5) is 44.4. The number of carbonyl (C=O) groups excluding carboxylic acids is 3. The van der Waals surface area contributed by atoms with E-state index >= 15 is 0 Å². The van der Waals surface area contributed by atoms with Crippen molar-refractivity contribution in [3.05, 3.63) is 0 Å². The van der Waals surface area contributed by atoms with E-state index in [0.717, 1.165) is 9.80 Å². The zero-order chi connectivity index (χ0) is 23.6. The average Bonchev–Trinajstić information content (AvgIpc) is 2.59. The first-order valence-electron chi connectivity index (χ1n) is 8.08. The van der Waals surface area contributed by atoms with Crippen molar-refractivity contribution in [3.63, 3.8) is 0 Å². The number of amides is 4. The minimum atomic E-state index is -10.7. The summed E-state index contributed by atoms with van der Waals surface area (Å²) in [6.45, 7) is 2.32. The van der Waals surface area contributed by atoms with E-state index in [-0.39, 0.29) is 0 Å². The number of hydrogen-bond acceptors (Lipinski definition) is 6. The third-order valence-electron chi connectivity index (χ3n) is 3.47. The molecule has 0 bridgehead atoms. The molecule has 0 spiro atoms. The van der Waals surface area contributed by atoms with Gasteiger partial charge in [-0.1, -0.05) is 5.16 Å². The van der Waals surface area contributed by atoms with Gasteiger partial charge in [0.05, 0.1) is 27.3 Å². The topological polar surface area (TPSA) is 94.8 Å². The Kier molecular flexibility index (Phi) is 6.80. The van der Waals surface area contributed by atoms with Crippen LogP contribution >= 0.6 is 7.81 Å². The summed E-state index contributed by atoms with van der Waals surface area (Å²) < 4.78 is 66.4. The van der Waals surface area contributed by atoms with Crippen molar-refractivity contribution in [2.24, 2.45) is 5.16 Å². The van der Waals surface area contributed by atoms with Gasteiger partial charge >= 0.3 is 45.0 Å². The Bertz CT molecular complexity index is 753. The van der Waals surface area contributed by atoms with Gasteiger partial charge in [-0.25, -0.2) is 14.3 Å². The van der Waals surface area contributed by atoms with Crippen LogP contribution in [0, 0.1) is 0 Å². The van der Waals surface area contributed by atoms with Crippen molar-refractivity contribution in [2.45, 2.75) is 0 Å². The molecule has 2 aliphatic heterocycles. The zero-order valence-electron chi connectivity index (χ0n) is 16.3. The van der Waals surface area contributed by atoms with E-state index in [1.54, 1.807) is 19.0 Å². The van der Waals surface area contributed by atoms with Gasteiger partial charge in [0.2, 0.25) is 5.71 Å². The van der Waals surface area contributed by atoms with E-state index in [9.17, 15) is 39.6 Å². The first-order chi connectivity index (χ1) is 13.3. The standard InChI is InChI=1S/C13H20N5O5.F6P/c1-15(2)13(18-5-7-22-8-6-18)23-14-9-10(19)16(3)12(21)17(4)11(9)20;1-7(2,3,4,5)6/h5-8H2,1-4H3;/q+1;-1. The molecule has 0 aliphatic carbocycles. The fraction of sp³-hybridized carbons (Fsp3) is 0.615. The summed E-state index contributed by atoms with van der Waals surface area (Å²) in [6.07, 6.45) is 0. The molecule has 2 rings (SSSR count). The number of nitrogens with zero attached hydrogens (tertiary/aromatic N) is 5. The van der Waals surface area contributed by atoms with Crippen LogP contribution in [-0.2, 0) is 19.2 Å². The molecular formula is C13H20F6N5O5P. The molecule has 0 aromatic rings. The second kappa shape index (κ2) is 7.98. The van der Waals surface area contributed by atoms with Gasteiger partial charge < -0.3 is 4.74 Å². The van der Waals surface area contributed by atoms with Gasteiger partial charge in [-0.2, -0.15) is 0 Å². The van der Waals surface area contributed by atoms with E-state index in [1.165, 1.54) is 14.1 Å². The molecule has 174 valence electrons. The fourth-order valence-electron chi connectivity index (χ4n) is 2.15. The molecule has 2 aliphatic rings. The average molecular weight is 471 g/mol. The van der Waals surface area contributed by atoms with E-state index in [0.29, 0.717) is 32.3 Å². The van der Waals surface area contributed by atoms with Crippen molar-refractivity contribution < 1.29 is 53.7 Å². The zero-order valence-corrected chi connectivity index (χ0v) is 17.2. The molecule has 10 nitrogen and oxygen atoms in total. The SMILES string of the molecule is CN(C)C(ON=C1C(=O)N(C)C(=O)N(C)C1=O)=[N+]1CCOCC1.F[P-](F)(F)(F)(F)F. The Labute approximate surface area is 166 Å². The first kappa shape index (κ1) is 25.6. The second-order valence-electron chi connectivity index (χ2n) is 6.28. The molecular weight excluding hydrogens is 451 g/mol. The number of imide groups is 2. The summed E-state index contributed by atoms with van der Waals surface area (Å²) in [5.41, 5.74) is -0.442. The molecule has 2 saturated heterocycles. The van der Waals surface area contributed by atoms with Gasteiger partial charge in [0.25, 0.3) is 11.8 Å². The second-order valence-corrected chi connectivity index (χ2v) is 8.19. The van der Waals surface area contributed by atoms with Crippen molar-refractivity contribution in [1.82, 2.24) is 14.7 Å². The Hall–Kier alpha value is -2.48. The summed E-state index contributed by atoms with van der Waals surface area (Å²) in [5.74, 6) is -1.59. The quantitative estimate of drug-likeness (QED) is 0.190. The molecule has 17 heteroatoms. The number of halogens is 6. The van der Waals surface area contributed by atoms with Crippen LogP contribution in [0.15, 0.2) is 5.16 Å². The van der Waals surface area contributed by atoms with E-state index in [1.807, 2.05) is 4.58 Å². The monoisotopic (exact) mass is 471 g/mol. The fourth-order valence-corrected chi connectivity index (χ4v) is 2.15. The van der Waals surface area contributed by atoms with Gasteiger partial charge in [0.1, 0.15) is 13.1 Å². The number of urea groups is 1. The van der Waals surface area contributed by atoms with Crippen LogP contribution in [0.25, 0.3) is 0 Å². The van der Waals surface area contributed by atoms with Crippen LogP contribution in [-0.4, -0.2) is 103 Å². The first-order valence-corrected chi connectivity index (χ1v) is 10.1. The Morgan fingerprint density at radius 3 is 1.77 bits per heavy atom. The Morgan fingerprint density at radius 2 is 1.40 bits per heavy atom. The molecule has 0 N–H and O–H groups in total. The molecule has 0 aromatic heterocycles. The van der Waals surface area contributed by atoms with Gasteiger partial charge in [0, 0.05) is 14.1 Å². The van der Waals surface area contributed by atoms with Crippen LogP contribution in [0.5, 0.6) is 0 Å². The minimum absolute atomic E-state index is 0.392. The molecule has 4 amide bonds. The molecule has 2 fully saturated rings. The van der Waals surface area contributed by atoms with Crippen molar-refractivity contribution >= 4 is 37.4 Å². The van der Waals surface area contributed by atoms with Gasteiger partial charge in [-0.3, -0.25) is 24.2 Å². The van der Waals surface area contributed by atoms with Gasteiger partial charge in [-0.05, 0) is 0 Å². The molecule has 0 saturated carbocycles. The molecule has 0 aromatic carbocycles. The van der Waals surface area contributed by atoms with Crippen molar-refractivity contribution in [1.29, 1.82) is 0 Å². The number of ether oxygens (including phenoxy) is 1. The van der Waals surface area contributed by atoms with Gasteiger partial charge in [0.15, 0.2) is 0 Å². The third kappa shape index (κ3) is 8.49. The number of morpholine rings is 1. The number of carbonyl (C=O) groups is 3. The number of barbiturate groups is 1. The van der Waals surface area contributed by atoms with E-state index < -0.39 is 31.4 Å². The Balaban J connectivity index is 0.000000553. The predicted octanol–water partition coefficient (Wildman–Crippen LogP) is 1.75. The van der Waals surface area contributed by atoms with Crippen LogP contribution in [0.2, 0.25) is 0 Å². The van der Waals surface area contributed by atoms with Crippen LogP contribution in [0.4, 0.5) is 30.0 Å². The third-order valence-corrected chi connectivity index (χ3v) is 3.47. The molecule has 2 heterocycles. The number of hydrogen-bond donors (Lipinski definition) is 0. The summed E-state index contributed by atoms with van der Waals surface area (Å²) in [6, 6.07) is -0.312. The van der Waals surface area contributed by atoms with Crippen molar-refractivity contribution in [3.8, 4) is 0 Å². The number of amidine groups is 1. The normalized spacial score (nSPS) is 20.1. The van der Waals surface area contributed by atoms with Gasteiger partial charge in [-0.15, -0.1) is 0 Å². The summed E-state index contributed by atoms with van der Waals surface area (Å²) >= 11 is 0. The summed E-state index contributed by atoms with van der Waals surface area (Å²) in [7, 11) is -4.58. The van der Waals surface area contributed by atoms with Crippen LogP contribution in [0.3, 0.4) is 0 Å². The molecule has 0 unspecified atom stereocenters. The number of oxime groups is 1. The van der Waals surface area contributed by atoms with E-state index in [4.69, 9.17) is 9.57 Å². The van der Waals surface area contributed by atoms with E-state index in [2.05, 4.69) is 5.16 Å². The molecule has 0 atom stereocenters. The van der Waals surface area contributed by atoms with Crippen LogP contribution < -0.4 is 0 Å². The van der Waals surface area contributed by atoms with Crippen molar-refractivity contribution in [2.75, 3.05) is 54.5 Å². The molecule has 30 heavy (non-hydrogen) atoms. The maximum absolute atomic E-state index is 12.0. The summed E-state index contributed by atoms with van der Waals surface area (Å²) in [5, 5.41) is 3.70. The molecule has 0 radical (unpaired) electrons.